The van der Waals surface area contributed by atoms with Crippen LogP contribution in [0, 0.1) is 0 Å². The number of nitrogens with one attached hydrogen (secondary N) is 2. The molecule has 6 heteroatoms. The van der Waals surface area contributed by atoms with Gasteiger partial charge in [0, 0.05) is 11.0 Å². The summed E-state index contributed by atoms with van der Waals surface area (Å²) in [4.78, 5) is 22.8. The zero-order valence-corrected chi connectivity index (χ0v) is 11.8. The van der Waals surface area contributed by atoms with Gasteiger partial charge in [-0.15, -0.1) is 0 Å². The van der Waals surface area contributed by atoms with E-state index in [1.165, 1.54) is 0 Å². The summed E-state index contributed by atoms with van der Waals surface area (Å²) in [6, 6.07) is 6.61. The molecule has 0 radical (unpaired) electrons. The summed E-state index contributed by atoms with van der Waals surface area (Å²) >= 11 is 3.31. The maximum atomic E-state index is 11.6. The molecule has 0 saturated carbocycles. The van der Waals surface area contributed by atoms with E-state index in [2.05, 4.69) is 26.6 Å². The molecule has 2 N–H and O–H groups in total. The fourth-order valence-electron chi connectivity index (χ4n) is 1.22. The van der Waals surface area contributed by atoms with Crippen molar-refractivity contribution >= 4 is 27.9 Å². The molecule has 0 spiro atoms. The van der Waals surface area contributed by atoms with Crippen LogP contribution in [-0.4, -0.2) is 24.6 Å². The summed E-state index contributed by atoms with van der Waals surface area (Å²) < 4.78 is 6.27. The van der Waals surface area contributed by atoms with E-state index in [4.69, 9.17) is 4.74 Å². The third-order valence-corrected chi connectivity index (χ3v) is 2.55. The Balaban J connectivity index is 2.52. The van der Waals surface area contributed by atoms with Gasteiger partial charge >= 0.3 is 6.03 Å². The molecule has 1 aromatic rings. The Morgan fingerprint density at radius 1 is 1.44 bits per heavy atom. The maximum absolute atomic E-state index is 11.6. The number of rotatable bonds is 4. The molecule has 0 aliphatic heterocycles. The quantitative estimate of drug-likeness (QED) is 0.894. The average Bonchev–Trinajstić information content (AvgIpc) is 2.29. The molecule has 0 aliphatic rings. The number of benzene rings is 1. The Morgan fingerprint density at radius 2 is 2.17 bits per heavy atom. The van der Waals surface area contributed by atoms with E-state index in [-0.39, 0.29) is 0 Å². The van der Waals surface area contributed by atoms with Gasteiger partial charge in [0.1, 0.15) is 5.75 Å². The molecule has 1 unspecified atom stereocenters. The lowest BCUT2D eigenvalue weighted by atomic mass is 10.3. The van der Waals surface area contributed by atoms with Gasteiger partial charge in [0.15, 0.2) is 6.10 Å². The molecule has 1 atom stereocenters. The van der Waals surface area contributed by atoms with Crippen LogP contribution in [0.1, 0.15) is 13.8 Å². The van der Waals surface area contributed by atoms with Crippen LogP contribution in [0.2, 0.25) is 0 Å². The van der Waals surface area contributed by atoms with Crippen molar-refractivity contribution < 1.29 is 14.3 Å². The standard InChI is InChI=1S/C12H15BrN2O3/c1-3-14-12(17)15-11(16)8(2)18-10-6-4-5-9(13)7-10/h4-8H,3H2,1-2H3,(H2,14,15,16,17). The van der Waals surface area contributed by atoms with Crippen LogP contribution in [-0.2, 0) is 4.79 Å². The van der Waals surface area contributed by atoms with Gasteiger partial charge in [-0.2, -0.15) is 0 Å². The fraction of sp³-hybridized carbons (Fsp3) is 0.333. The Bertz CT molecular complexity index is 437. The second-order valence-corrected chi connectivity index (χ2v) is 4.48. The van der Waals surface area contributed by atoms with E-state index < -0.39 is 18.0 Å². The number of halogens is 1. The Hall–Kier alpha value is -1.56. The maximum Gasteiger partial charge on any atom is 0.321 e. The van der Waals surface area contributed by atoms with Gasteiger partial charge < -0.3 is 10.1 Å². The minimum atomic E-state index is -0.748. The summed E-state index contributed by atoms with van der Waals surface area (Å²) in [5.74, 6) is 0.0730. The van der Waals surface area contributed by atoms with E-state index in [0.717, 1.165) is 4.47 Å². The van der Waals surface area contributed by atoms with Crippen LogP contribution in [0.5, 0.6) is 5.75 Å². The molecule has 3 amide bonds. The first kappa shape index (κ1) is 14.5. The monoisotopic (exact) mass is 314 g/mol. The van der Waals surface area contributed by atoms with E-state index in [9.17, 15) is 9.59 Å². The first-order valence-corrected chi connectivity index (χ1v) is 6.33. The Morgan fingerprint density at radius 3 is 2.78 bits per heavy atom. The topological polar surface area (TPSA) is 67.4 Å². The van der Waals surface area contributed by atoms with Crippen molar-refractivity contribution in [3.05, 3.63) is 28.7 Å². The van der Waals surface area contributed by atoms with E-state index in [1.807, 2.05) is 6.07 Å². The van der Waals surface area contributed by atoms with Crippen molar-refractivity contribution in [3.63, 3.8) is 0 Å². The number of urea groups is 1. The van der Waals surface area contributed by atoms with Gasteiger partial charge in [0.2, 0.25) is 0 Å². The molecular weight excluding hydrogens is 300 g/mol. The summed E-state index contributed by atoms with van der Waals surface area (Å²) in [7, 11) is 0. The summed E-state index contributed by atoms with van der Waals surface area (Å²) in [6.07, 6.45) is -0.748. The number of hydrogen-bond donors (Lipinski definition) is 2. The molecule has 18 heavy (non-hydrogen) atoms. The highest BCUT2D eigenvalue weighted by Gasteiger charge is 2.16. The van der Waals surface area contributed by atoms with Gasteiger partial charge in [-0.25, -0.2) is 4.79 Å². The van der Waals surface area contributed by atoms with E-state index in [1.54, 1.807) is 32.0 Å². The zero-order valence-electron chi connectivity index (χ0n) is 10.2. The van der Waals surface area contributed by atoms with Gasteiger partial charge in [0.25, 0.3) is 5.91 Å². The average molecular weight is 315 g/mol. The largest absolute Gasteiger partial charge is 0.481 e. The minimum absolute atomic E-state index is 0.458. The van der Waals surface area contributed by atoms with Gasteiger partial charge in [-0.05, 0) is 32.0 Å². The summed E-state index contributed by atoms with van der Waals surface area (Å²) in [5, 5.41) is 4.66. The Kier molecular flexibility index (Phi) is 5.64. The molecule has 0 saturated heterocycles. The number of ether oxygens (including phenoxy) is 1. The lowest BCUT2D eigenvalue weighted by Crippen LogP contribution is -2.45. The van der Waals surface area contributed by atoms with Crippen molar-refractivity contribution in [2.24, 2.45) is 0 Å². The summed E-state index contributed by atoms with van der Waals surface area (Å²) in [6.45, 7) is 3.81. The number of amides is 3. The second kappa shape index (κ2) is 7.00. The van der Waals surface area contributed by atoms with Crippen LogP contribution in [0.4, 0.5) is 4.79 Å². The van der Waals surface area contributed by atoms with Gasteiger partial charge in [0.05, 0.1) is 0 Å². The van der Waals surface area contributed by atoms with Crippen LogP contribution < -0.4 is 15.4 Å². The predicted molar refractivity (Wildman–Crippen MR) is 71.4 cm³/mol. The molecule has 0 aromatic heterocycles. The molecule has 98 valence electrons. The lowest BCUT2D eigenvalue weighted by molar-refractivity contribution is -0.126. The third kappa shape index (κ3) is 4.75. The van der Waals surface area contributed by atoms with Crippen molar-refractivity contribution in [1.29, 1.82) is 0 Å². The molecule has 0 aliphatic carbocycles. The molecule has 1 aromatic carbocycles. The third-order valence-electron chi connectivity index (χ3n) is 2.05. The van der Waals surface area contributed by atoms with Crippen molar-refractivity contribution in [2.75, 3.05) is 6.54 Å². The lowest BCUT2D eigenvalue weighted by Gasteiger charge is -2.14. The van der Waals surface area contributed by atoms with Crippen molar-refractivity contribution in [2.45, 2.75) is 20.0 Å². The number of carbonyl (C=O) groups excluding carboxylic acids is 2. The second-order valence-electron chi connectivity index (χ2n) is 3.57. The van der Waals surface area contributed by atoms with Crippen LogP contribution >= 0.6 is 15.9 Å². The van der Waals surface area contributed by atoms with Crippen molar-refractivity contribution in [1.82, 2.24) is 10.6 Å². The SMILES string of the molecule is CCNC(=O)NC(=O)C(C)Oc1cccc(Br)c1. The van der Waals surface area contributed by atoms with Crippen LogP contribution in [0.25, 0.3) is 0 Å². The molecule has 1 rings (SSSR count). The first-order chi connectivity index (χ1) is 8.52. The Labute approximate surface area is 114 Å². The highest BCUT2D eigenvalue weighted by molar-refractivity contribution is 9.10. The summed E-state index contributed by atoms with van der Waals surface area (Å²) in [5.41, 5.74) is 0. The molecule has 0 bridgehead atoms. The number of hydrogen-bond acceptors (Lipinski definition) is 3. The van der Waals surface area contributed by atoms with E-state index >= 15 is 0 Å². The molecule has 0 heterocycles. The molecular formula is C12H15BrN2O3. The highest BCUT2D eigenvalue weighted by atomic mass is 79.9. The molecule has 5 nitrogen and oxygen atoms in total. The normalized spacial score (nSPS) is 11.5. The van der Waals surface area contributed by atoms with Gasteiger partial charge in [-0.1, -0.05) is 22.0 Å². The highest BCUT2D eigenvalue weighted by Crippen LogP contribution is 2.18. The predicted octanol–water partition coefficient (Wildman–Crippen LogP) is 2.06. The van der Waals surface area contributed by atoms with Crippen molar-refractivity contribution in [3.8, 4) is 5.75 Å². The minimum Gasteiger partial charge on any atom is -0.481 e. The number of imide groups is 1. The number of carbonyl (C=O) groups is 2. The van der Waals surface area contributed by atoms with Crippen LogP contribution in [0.3, 0.4) is 0 Å². The molecule has 0 fully saturated rings. The van der Waals surface area contributed by atoms with Crippen LogP contribution in [0.15, 0.2) is 28.7 Å². The first-order valence-electron chi connectivity index (χ1n) is 5.54. The van der Waals surface area contributed by atoms with Gasteiger partial charge in [-0.3, -0.25) is 10.1 Å². The smallest absolute Gasteiger partial charge is 0.321 e. The zero-order chi connectivity index (χ0) is 13.5. The van der Waals surface area contributed by atoms with E-state index in [0.29, 0.717) is 12.3 Å². The fourth-order valence-corrected chi connectivity index (χ4v) is 1.59.